The molecule has 4 rings (SSSR count). The number of halogens is 5. The van der Waals surface area contributed by atoms with Crippen molar-refractivity contribution in [3.8, 4) is 5.69 Å². The van der Waals surface area contributed by atoms with Gasteiger partial charge >= 0.3 is 6.18 Å². The Balaban J connectivity index is 1.80. The Labute approximate surface area is 181 Å². The van der Waals surface area contributed by atoms with E-state index in [0.29, 0.717) is 24.4 Å². The summed E-state index contributed by atoms with van der Waals surface area (Å²) in [6.45, 7) is 9.99. The highest BCUT2D eigenvalue weighted by Crippen LogP contribution is 2.38. The monoisotopic (exact) mass is 450 g/mol. The zero-order chi connectivity index (χ0) is 22.5. The van der Waals surface area contributed by atoms with Crippen LogP contribution in [-0.4, -0.2) is 32.8 Å². The summed E-state index contributed by atoms with van der Waals surface area (Å²) in [4.78, 5) is 6.21. The summed E-state index contributed by atoms with van der Waals surface area (Å²) in [5.74, 6) is -0.594. The van der Waals surface area contributed by atoms with E-state index in [9.17, 15) is 17.6 Å². The van der Waals surface area contributed by atoms with Gasteiger partial charge in [-0.25, -0.2) is 14.1 Å². The largest absolute Gasteiger partial charge is 0.416 e. The van der Waals surface area contributed by atoms with Gasteiger partial charge in [0.15, 0.2) is 5.65 Å². The van der Waals surface area contributed by atoms with Crippen molar-refractivity contribution in [3.05, 3.63) is 77.0 Å². The average Bonchev–Trinajstić information content (AvgIpc) is 3.05. The Bertz CT molecular complexity index is 1190. The molecule has 1 aromatic carbocycles. The molecule has 1 aliphatic rings. The molecule has 9 heteroatoms. The fourth-order valence-corrected chi connectivity index (χ4v) is 4.04. The van der Waals surface area contributed by atoms with Crippen molar-refractivity contribution in [2.75, 3.05) is 13.1 Å². The molecule has 0 saturated carbocycles. The molecule has 0 radical (unpaired) electrons. The normalized spacial score (nSPS) is 14.7. The van der Waals surface area contributed by atoms with Crippen molar-refractivity contribution in [1.82, 2.24) is 19.7 Å². The zero-order valence-electron chi connectivity index (χ0n) is 16.7. The summed E-state index contributed by atoms with van der Waals surface area (Å²) >= 11 is 6.22. The van der Waals surface area contributed by atoms with Crippen LogP contribution in [0.3, 0.4) is 0 Å². The number of fused-ring (bicyclic) bond motifs is 1. The number of allylic oxidation sites excluding steroid dienone is 1. The summed E-state index contributed by atoms with van der Waals surface area (Å²) in [6, 6.07) is 5.05. The second kappa shape index (κ2) is 7.67. The number of benzene rings is 1. The van der Waals surface area contributed by atoms with E-state index in [0.717, 1.165) is 35.2 Å². The molecule has 1 fully saturated rings. The number of pyridine rings is 1. The number of alkyl halides is 3. The van der Waals surface area contributed by atoms with Crippen LogP contribution in [0, 0.1) is 0 Å². The maximum Gasteiger partial charge on any atom is 0.416 e. The third kappa shape index (κ3) is 3.69. The quantitative estimate of drug-likeness (QED) is 0.350. The van der Waals surface area contributed by atoms with Crippen molar-refractivity contribution in [2.24, 2.45) is 0 Å². The van der Waals surface area contributed by atoms with Gasteiger partial charge in [-0.2, -0.15) is 18.3 Å². The van der Waals surface area contributed by atoms with Gasteiger partial charge in [0.25, 0.3) is 0 Å². The fraction of sp³-hybridized carbons (Fsp3) is 0.273. The van der Waals surface area contributed by atoms with Crippen LogP contribution in [0.5, 0.6) is 0 Å². The van der Waals surface area contributed by atoms with E-state index < -0.39 is 17.6 Å². The minimum absolute atomic E-state index is 0.0115. The molecule has 1 saturated heterocycles. The van der Waals surface area contributed by atoms with Gasteiger partial charge in [-0.1, -0.05) is 31.7 Å². The topological polar surface area (TPSA) is 34.0 Å². The van der Waals surface area contributed by atoms with Gasteiger partial charge in [-0.3, -0.25) is 0 Å². The first-order chi connectivity index (χ1) is 14.6. The molecule has 162 valence electrons. The molecular weight excluding hydrogens is 432 g/mol. The van der Waals surface area contributed by atoms with Crippen LogP contribution >= 0.6 is 11.6 Å². The fourth-order valence-electron chi connectivity index (χ4n) is 3.78. The predicted molar refractivity (Wildman–Crippen MR) is 112 cm³/mol. The third-order valence-electron chi connectivity index (χ3n) is 5.53. The minimum Gasteiger partial charge on any atom is -0.368 e. The van der Waals surface area contributed by atoms with Crippen molar-refractivity contribution >= 4 is 22.6 Å². The van der Waals surface area contributed by atoms with Gasteiger partial charge in [0, 0.05) is 30.6 Å². The number of nitrogens with zero attached hydrogens (tertiary/aromatic N) is 4. The Morgan fingerprint density at radius 2 is 1.94 bits per heavy atom. The van der Waals surface area contributed by atoms with E-state index in [4.69, 9.17) is 16.7 Å². The van der Waals surface area contributed by atoms with Crippen molar-refractivity contribution in [2.45, 2.75) is 25.4 Å². The molecule has 0 unspecified atom stereocenters. The molecule has 4 nitrogen and oxygen atoms in total. The van der Waals surface area contributed by atoms with E-state index in [1.807, 2.05) is 13.0 Å². The highest BCUT2D eigenvalue weighted by atomic mass is 35.5. The van der Waals surface area contributed by atoms with Gasteiger partial charge in [-0.05, 0) is 36.2 Å². The van der Waals surface area contributed by atoms with Crippen molar-refractivity contribution in [3.63, 3.8) is 0 Å². The second-order valence-electron chi connectivity index (χ2n) is 7.44. The lowest BCUT2D eigenvalue weighted by molar-refractivity contribution is -0.137. The van der Waals surface area contributed by atoms with Gasteiger partial charge < -0.3 is 4.90 Å². The zero-order valence-corrected chi connectivity index (χ0v) is 17.4. The van der Waals surface area contributed by atoms with Crippen molar-refractivity contribution in [1.29, 1.82) is 0 Å². The van der Waals surface area contributed by atoms with Gasteiger partial charge in [0.05, 0.1) is 27.7 Å². The molecule has 0 N–H and O–H groups in total. The molecule has 0 bridgehead atoms. The Hall–Kier alpha value is -2.87. The number of hydrogen-bond donors (Lipinski definition) is 0. The number of hydrogen-bond acceptors (Lipinski definition) is 3. The lowest BCUT2D eigenvalue weighted by Crippen LogP contribution is -2.44. The lowest BCUT2D eigenvalue weighted by atomic mass is 9.92. The van der Waals surface area contributed by atoms with Crippen molar-refractivity contribution < 1.29 is 17.6 Å². The highest BCUT2D eigenvalue weighted by Gasteiger charge is 2.35. The van der Waals surface area contributed by atoms with E-state index in [-0.39, 0.29) is 16.6 Å². The minimum atomic E-state index is -4.49. The van der Waals surface area contributed by atoms with Crippen LogP contribution in [0.4, 0.5) is 17.6 Å². The van der Waals surface area contributed by atoms with Crippen LogP contribution < -0.4 is 0 Å². The Morgan fingerprint density at radius 1 is 1.23 bits per heavy atom. The summed E-state index contributed by atoms with van der Waals surface area (Å²) < 4.78 is 54.0. The number of rotatable bonds is 5. The van der Waals surface area contributed by atoms with E-state index in [1.165, 1.54) is 10.7 Å². The first-order valence-corrected chi connectivity index (χ1v) is 10.0. The second-order valence-corrected chi connectivity index (χ2v) is 7.84. The maximum atomic E-state index is 13.4. The van der Waals surface area contributed by atoms with Gasteiger partial charge in [0.1, 0.15) is 5.83 Å². The summed E-state index contributed by atoms with van der Waals surface area (Å²) in [7, 11) is 0. The average molecular weight is 451 g/mol. The Morgan fingerprint density at radius 3 is 2.52 bits per heavy atom. The van der Waals surface area contributed by atoms with E-state index >= 15 is 0 Å². The predicted octanol–water partition coefficient (Wildman–Crippen LogP) is 6.05. The van der Waals surface area contributed by atoms with Gasteiger partial charge in [0.2, 0.25) is 0 Å². The Kier molecular flexibility index (Phi) is 5.29. The molecule has 0 aliphatic carbocycles. The van der Waals surface area contributed by atoms with E-state index in [2.05, 4.69) is 18.1 Å². The summed E-state index contributed by atoms with van der Waals surface area (Å²) in [6.07, 6.45) is -2.13. The SMILES string of the molecule is C=C(F)C(=C)N1CC(c2nn(-c3ccc(C(F)(F)F)cc3Cl)c3nccc(CC)c23)C1. The standard InChI is InChI=1S/C22H19ClF4N4/c1-4-14-7-8-28-21-19(14)20(15-10-30(11-15)13(3)12(2)24)29-31(21)18-6-5-16(9-17(18)23)22(25,26)27/h5-9,15H,2-4,10-11H2,1H3. The number of aromatic nitrogens is 3. The molecule has 2 aromatic heterocycles. The number of aryl methyl sites for hydroxylation is 1. The molecule has 0 atom stereocenters. The molecule has 0 amide bonds. The summed E-state index contributed by atoms with van der Waals surface area (Å²) in [5.41, 5.74) is 2.00. The highest BCUT2D eigenvalue weighted by molar-refractivity contribution is 6.32. The van der Waals surface area contributed by atoms with Crippen LogP contribution in [0.2, 0.25) is 5.02 Å². The lowest BCUT2D eigenvalue weighted by Gasteiger charge is -2.41. The van der Waals surface area contributed by atoms with Crippen LogP contribution in [0.1, 0.15) is 29.7 Å². The van der Waals surface area contributed by atoms with Crippen LogP contribution in [0.25, 0.3) is 16.7 Å². The van der Waals surface area contributed by atoms with Crippen LogP contribution in [-0.2, 0) is 12.6 Å². The first kappa shape index (κ1) is 21.4. The van der Waals surface area contributed by atoms with Crippen LogP contribution in [0.15, 0.2) is 55.1 Å². The molecule has 31 heavy (non-hydrogen) atoms. The summed E-state index contributed by atoms with van der Waals surface area (Å²) in [5, 5.41) is 5.46. The number of likely N-dealkylation sites (tertiary alicyclic amines) is 1. The smallest absolute Gasteiger partial charge is 0.368 e. The molecule has 3 heterocycles. The third-order valence-corrected chi connectivity index (χ3v) is 5.83. The first-order valence-electron chi connectivity index (χ1n) is 9.64. The molecule has 1 aliphatic heterocycles. The molecule has 0 spiro atoms. The molecular formula is C22H19ClF4N4. The van der Waals surface area contributed by atoms with E-state index in [1.54, 1.807) is 11.1 Å². The molecule has 3 aromatic rings. The van der Waals surface area contributed by atoms with Gasteiger partial charge in [-0.15, -0.1) is 0 Å². The maximum absolute atomic E-state index is 13.4.